The van der Waals surface area contributed by atoms with Gasteiger partial charge < -0.3 is 10.2 Å². The van der Waals surface area contributed by atoms with Crippen LogP contribution in [0.1, 0.15) is 27.1 Å². The molecule has 2 amide bonds. The maximum atomic E-state index is 12.6. The third-order valence-corrected chi connectivity index (χ3v) is 4.56. The Morgan fingerprint density at radius 3 is 2.59 bits per heavy atom. The number of Topliss-reactive ketones (excluding diaryl/α,β-unsaturated/α-hetero) is 1. The highest BCUT2D eigenvalue weighted by atomic mass is 16.2. The lowest BCUT2D eigenvalue weighted by Crippen LogP contribution is -2.39. The molecular weight excluding hydrogens is 344 g/mol. The first-order valence-corrected chi connectivity index (χ1v) is 8.93. The average molecular weight is 366 g/mol. The number of hydrogen-bond donors (Lipinski definition) is 1. The summed E-state index contributed by atoms with van der Waals surface area (Å²) < 4.78 is 0. The summed E-state index contributed by atoms with van der Waals surface area (Å²) in [5, 5.41) is 2.86. The zero-order chi connectivity index (χ0) is 19.1. The van der Waals surface area contributed by atoms with Gasteiger partial charge in [0.1, 0.15) is 0 Å². The second kappa shape index (κ2) is 9.05. The molecule has 0 aliphatic carbocycles. The molecule has 0 radical (unpaired) electrons. The van der Waals surface area contributed by atoms with Gasteiger partial charge in [-0.3, -0.25) is 19.5 Å². The molecule has 7 nitrogen and oxygen atoms in total. The number of amides is 2. The number of hydrogen-bond acceptors (Lipinski definition) is 5. The minimum Gasteiger partial charge on any atom is -0.323 e. The van der Waals surface area contributed by atoms with E-state index < -0.39 is 0 Å². The molecule has 27 heavy (non-hydrogen) atoms. The van der Waals surface area contributed by atoms with Gasteiger partial charge >= 0.3 is 6.03 Å². The van der Waals surface area contributed by atoms with Crippen molar-refractivity contribution in [3.05, 3.63) is 59.9 Å². The van der Waals surface area contributed by atoms with Crippen LogP contribution in [0.5, 0.6) is 0 Å². The summed E-state index contributed by atoms with van der Waals surface area (Å²) in [6.07, 6.45) is 4.75. The van der Waals surface area contributed by atoms with E-state index in [1.54, 1.807) is 53.7 Å². The Labute approximate surface area is 158 Å². The van der Waals surface area contributed by atoms with E-state index in [4.69, 9.17) is 0 Å². The van der Waals surface area contributed by atoms with E-state index in [1.807, 2.05) is 4.90 Å². The molecule has 1 aromatic carbocycles. The number of anilines is 1. The van der Waals surface area contributed by atoms with Gasteiger partial charge in [-0.05, 0) is 18.6 Å². The molecule has 1 aliphatic heterocycles. The van der Waals surface area contributed by atoms with E-state index in [9.17, 15) is 14.4 Å². The van der Waals surface area contributed by atoms with Crippen LogP contribution in [-0.4, -0.2) is 65.6 Å². The van der Waals surface area contributed by atoms with E-state index in [1.165, 1.54) is 0 Å². The molecule has 1 aliphatic rings. The summed E-state index contributed by atoms with van der Waals surface area (Å²) in [5.74, 6) is -0.0765. The van der Waals surface area contributed by atoms with Crippen molar-refractivity contribution in [2.45, 2.75) is 6.42 Å². The molecule has 0 bridgehead atoms. The van der Waals surface area contributed by atoms with Crippen molar-refractivity contribution in [2.24, 2.45) is 0 Å². The molecule has 2 heterocycles. The van der Waals surface area contributed by atoms with Gasteiger partial charge in [-0.25, -0.2) is 4.79 Å². The average Bonchev–Trinajstić information content (AvgIpc) is 2.94. The second-order valence-electron chi connectivity index (χ2n) is 6.41. The topological polar surface area (TPSA) is 82.6 Å². The zero-order valence-corrected chi connectivity index (χ0v) is 15.0. The first-order chi connectivity index (χ1) is 13.2. The van der Waals surface area contributed by atoms with E-state index in [0.29, 0.717) is 42.7 Å². The molecule has 0 unspecified atom stereocenters. The Hall–Kier alpha value is -3.06. The van der Waals surface area contributed by atoms with Crippen molar-refractivity contribution < 1.29 is 14.4 Å². The lowest BCUT2D eigenvalue weighted by molar-refractivity contribution is 0.0929. The van der Waals surface area contributed by atoms with Crippen LogP contribution in [0.3, 0.4) is 0 Å². The van der Waals surface area contributed by atoms with Crippen LogP contribution < -0.4 is 5.32 Å². The predicted octanol–water partition coefficient (Wildman–Crippen LogP) is 2.32. The third kappa shape index (κ3) is 4.98. The normalized spacial score (nSPS) is 15.0. The van der Waals surface area contributed by atoms with Crippen LogP contribution in [-0.2, 0) is 0 Å². The number of carbonyl (C=O) groups is 3. The number of aldehydes is 1. The number of ketones is 1. The van der Waals surface area contributed by atoms with Crippen LogP contribution >= 0.6 is 0 Å². The highest BCUT2D eigenvalue weighted by Crippen LogP contribution is 2.11. The minimum atomic E-state index is -0.152. The number of benzene rings is 1. The minimum absolute atomic E-state index is 0.0765. The summed E-state index contributed by atoms with van der Waals surface area (Å²) in [7, 11) is 0. The molecule has 3 rings (SSSR count). The molecule has 1 N–H and O–H groups in total. The van der Waals surface area contributed by atoms with Gasteiger partial charge in [0.25, 0.3) is 0 Å². The number of urea groups is 1. The molecule has 1 saturated heterocycles. The summed E-state index contributed by atoms with van der Waals surface area (Å²) in [4.78, 5) is 43.8. The van der Waals surface area contributed by atoms with Gasteiger partial charge in [0.2, 0.25) is 0 Å². The SMILES string of the molecule is O=Cc1ccccc1C(=O)CN1CCCN(C(=O)Nc2ccncc2)CC1. The first-order valence-electron chi connectivity index (χ1n) is 8.93. The van der Waals surface area contributed by atoms with E-state index in [0.717, 1.165) is 13.0 Å². The maximum Gasteiger partial charge on any atom is 0.321 e. The first kappa shape index (κ1) is 18.7. The van der Waals surface area contributed by atoms with Gasteiger partial charge in [0.15, 0.2) is 12.1 Å². The van der Waals surface area contributed by atoms with Gasteiger partial charge in [0, 0.05) is 55.4 Å². The van der Waals surface area contributed by atoms with Crippen molar-refractivity contribution in [2.75, 3.05) is 38.0 Å². The lowest BCUT2D eigenvalue weighted by Gasteiger charge is -2.22. The highest BCUT2D eigenvalue weighted by Gasteiger charge is 2.21. The summed E-state index contributed by atoms with van der Waals surface area (Å²) in [6.45, 7) is 2.75. The number of nitrogens with zero attached hydrogens (tertiary/aromatic N) is 3. The molecule has 1 aromatic heterocycles. The summed E-state index contributed by atoms with van der Waals surface area (Å²) >= 11 is 0. The monoisotopic (exact) mass is 366 g/mol. The summed E-state index contributed by atoms with van der Waals surface area (Å²) in [5.41, 5.74) is 1.57. The zero-order valence-electron chi connectivity index (χ0n) is 15.0. The van der Waals surface area contributed by atoms with E-state index >= 15 is 0 Å². The Balaban J connectivity index is 1.56. The smallest absolute Gasteiger partial charge is 0.321 e. The van der Waals surface area contributed by atoms with Crippen LogP contribution in [0.4, 0.5) is 10.5 Å². The Morgan fingerprint density at radius 2 is 1.81 bits per heavy atom. The van der Waals surface area contributed by atoms with Crippen LogP contribution in [0.25, 0.3) is 0 Å². The molecule has 0 saturated carbocycles. The fraction of sp³-hybridized carbons (Fsp3) is 0.300. The molecule has 0 atom stereocenters. The van der Waals surface area contributed by atoms with Crippen LogP contribution in [0.15, 0.2) is 48.8 Å². The number of carbonyl (C=O) groups excluding carboxylic acids is 3. The fourth-order valence-electron chi connectivity index (χ4n) is 3.11. The second-order valence-corrected chi connectivity index (χ2v) is 6.41. The molecule has 1 fully saturated rings. The Bertz CT molecular complexity index is 810. The molecule has 7 heteroatoms. The number of nitrogens with one attached hydrogen (secondary N) is 1. The maximum absolute atomic E-state index is 12.6. The van der Waals surface area contributed by atoms with Crippen molar-refractivity contribution in [3.8, 4) is 0 Å². The third-order valence-electron chi connectivity index (χ3n) is 4.56. The number of rotatable bonds is 5. The van der Waals surface area contributed by atoms with Gasteiger partial charge in [0.05, 0.1) is 6.54 Å². The van der Waals surface area contributed by atoms with Crippen molar-refractivity contribution in [1.82, 2.24) is 14.8 Å². The largest absolute Gasteiger partial charge is 0.323 e. The lowest BCUT2D eigenvalue weighted by atomic mass is 10.0. The molecule has 0 spiro atoms. The van der Waals surface area contributed by atoms with E-state index in [2.05, 4.69) is 10.3 Å². The molecular formula is C20H22N4O3. The fourth-order valence-corrected chi connectivity index (χ4v) is 3.11. The number of aromatic nitrogens is 1. The van der Waals surface area contributed by atoms with E-state index in [-0.39, 0.29) is 18.4 Å². The van der Waals surface area contributed by atoms with Gasteiger partial charge in [-0.15, -0.1) is 0 Å². The summed E-state index contributed by atoms with van der Waals surface area (Å²) in [6, 6.07) is 10.2. The van der Waals surface area contributed by atoms with Crippen molar-refractivity contribution in [3.63, 3.8) is 0 Å². The molecule has 140 valence electrons. The Morgan fingerprint density at radius 1 is 1.04 bits per heavy atom. The van der Waals surface area contributed by atoms with Crippen LogP contribution in [0, 0.1) is 0 Å². The van der Waals surface area contributed by atoms with Gasteiger partial charge in [-0.2, -0.15) is 0 Å². The Kier molecular flexibility index (Phi) is 6.27. The highest BCUT2D eigenvalue weighted by molar-refractivity contribution is 6.03. The van der Waals surface area contributed by atoms with Gasteiger partial charge in [-0.1, -0.05) is 24.3 Å². The molecule has 2 aromatic rings. The van der Waals surface area contributed by atoms with Crippen LogP contribution in [0.2, 0.25) is 0 Å². The van der Waals surface area contributed by atoms with Crippen molar-refractivity contribution in [1.29, 1.82) is 0 Å². The predicted molar refractivity (Wildman–Crippen MR) is 102 cm³/mol. The van der Waals surface area contributed by atoms with Crippen molar-refractivity contribution >= 4 is 23.8 Å². The number of pyridine rings is 1. The quantitative estimate of drug-likeness (QED) is 0.649. The standard InChI is InChI=1S/C20H22N4O3/c25-15-16-4-1-2-5-18(16)19(26)14-23-10-3-11-24(13-12-23)20(27)22-17-6-8-21-9-7-17/h1-2,4-9,15H,3,10-14H2,(H,21,22,27).